The third-order valence-electron chi connectivity index (χ3n) is 3.81. The van der Waals surface area contributed by atoms with Crippen LogP contribution in [0.3, 0.4) is 0 Å². The van der Waals surface area contributed by atoms with E-state index < -0.39 is 12.5 Å². The number of nitrogens with one attached hydrogen (secondary N) is 1. The molecule has 2 aromatic rings. The molecule has 6 nitrogen and oxygen atoms in total. The third-order valence-corrected chi connectivity index (χ3v) is 3.81. The van der Waals surface area contributed by atoms with Crippen molar-refractivity contribution in [3.63, 3.8) is 0 Å². The van der Waals surface area contributed by atoms with Gasteiger partial charge in [-0.3, -0.25) is 4.99 Å². The van der Waals surface area contributed by atoms with E-state index >= 15 is 0 Å². The highest BCUT2D eigenvalue weighted by Crippen LogP contribution is 2.24. The summed E-state index contributed by atoms with van der Waals surface area (Å²) in [5.41, 5.74) is 7.27. The van der Waals surface area contributed by atoms with Crippen LogP contribution >= 0.6 is 0 Å². The van der Waals surface area contributed by atoms with Crippen LogP contribution in [0.25, 0.3) is 0 Å². The van der Waals surface area contributed by atoms with E-state index in [4.69, 9.17) is 10.5 Å². The molecule has 0 amide bonds. The molecule has 0 aliphatic carbocycles. The summed E-state index contributed by atoms with van der Waals surface area (Å²) in [5.74, 6) is 0.598. The molecule has 2 rings (SSSR count). The summed E-state index contributed by atoms with van der Waals surface area (Å²) in [4.78, 5) is 4.04. The summed E-state index contributed by atoms with van der Waals surface area (Å²) < 4.78 is 45.3. The summed E-state index contributed by atoms with van der Waals surface area (Å²) >= 11 is 0. The molecule has 1 atom stereocenters. The van der Waals surface area contributed by atoms with Crippen molar-refractivity contribution < 1.29 is 27.8 Å². The lowest BCUT2D eigenvalue weighted by Crippen LogP contribution is -2.33. The minimum atomic E-state index is -4.75. The average molecular weight is 397 g/mol. The number of guanidine groups is 1. The van der Waals surface area contributed by atoms with Crippen LogP contribution in [0.15, 0.2) is 53.5 Å². The summed E-state index contributed by atoms with van der Waals surface area (Å²) in [6.45, 7) is 0.530. The Morgan fingerprint density at radius 3 is 2.29 bits per heavy atom. The van der Waals surface area contributed by atoms with E-state index in [1.54, 1.807) is 7.11 Å². The van der Waals surface area contributed by atoms with Crippen LogP contribution in [0, 0.1) is 0 Å². The molecule has 0 saturated carbocycles. The standard InChI is InChI=1S/C19H22F3N3O3/c1-27-15-6-2-13(3-7-15)10-11-24-18(23)25-12-17(26)14-4-8-16(9-5-14)28-19(20,21)22/h2-9,17,26H,10-12H2,1H3,(H3,23,24,25). The number of benzene rings is 2. The highest BCUT2D eigenvalue weighted by Gasteiger charge is 2.31. The van der Waals surface area contributed by atoms with Crippen LogP contribution in [0.1, 0.15) is 17.2 Å². The molecule has 152 valence electrons. The van der Waals surface area contributed by atoms with Crippen molar-refractivity contribution in [2.75, 3.05) is 20.2 Å². The molecule has 0 aliphatic heterocycles. The molecule has 28 heavy (non-hydrogen) atoms. The molecule has 4 N–H and O–H groups in total. The molecule has 2 aromatic carbocycles. The van der Waals surface area contributed by atoms with Crippen molar-refractivity contribution in [1.82, 2.24) is 5.32 Å². The molecular formula is C19H22F3N3O3. The summed E-state index contributed by atoms with van der Waals surface area (Å²) in [5, 5.41) is 13.0. The van der Waals surface area contributed by atoms with Gasteiger partial charge in [-0.1, -0.05) is 24.3 Å². The van der Waals surface area contributed by atoms with Crippen molar-refractivity contribution in [2.45, 2.75) is 18.9 Å². The number of hydrogen-bond donors (Lipinski definition) is 3. The largest absolute Gasteiger partial charge is 0.573 e. The van der Waals surface area contributed by atoms with E-state index in [9.17, 15) is 18.3 Å². The minimum Gasteiger partial charge on any atom is -0.497 e. The molecule has 0 saturated heterocycles. The molecule has 1 unspecified atom stereocenters. The first-order valence-electron chi connectivity index (χ1n) is 8.47. The second-order valence-corrected chi connectivity index (χ2v) is 5.88. The number of nitrogens with two attached hydrogens (primary N) is 1. The van der Waals surface area contributed by atoms with Crippen LogP contribution in [-0.2, 0) is 6.42 Å². The third kappa shape index (κ3) is 7.36. The number of alkyl halides is 3. The SMILES string of the molecule is COc1ccc(CCNC(N)=NCC(O)c2ccc(OC(F)(F)F)cc2)cc1. The number of nitrogens with zero attached hydrogens (tertiary/aromatic N) is 1. The fraction of sp³-hybridized carbons (Fsp3) is 0.316. The predicted octanol–water partition coefficient (Wildman–Crippen LogP) is 2.77. The number of ether oxygens (including phenoxy) is 2. The van der Waals surface area contributed by atoms with Gasteiger partial charge >= 0.3 is 6.36 Å². The van der Waals surface area contributed by atoms with Gasteiger partial charge < -0.3 is 25.6 Å². The van der Waals surface area contributed by atoms with Crippen LogP contribution in [0.2, 0.25) is 0 Å². The second kappa shape index (κ2) is 9.84. The Kier molecular flexibility index (Phi) is 7.51. The number of rotatable bonds is 8. The van der Waals surface area contributed by atoms with Gasteiger partial charge in [-0.25, -0.2) is 0 Å². The Hall–Kier alpha value is -2.94. The normalized spacial score (nSPS) is 13.1. The van der Waals surface area contributed by atoms with Gasteiger partial charge in [-0.05, 0) is 41.8 Å². The van der Waals surface area contributed by atoms with E-state index in [-0.39, 0.29) is 18.3 Å². The maximum atomic E-state index is 12.1. The number of methoxy groups -OCH3 is 1. The van der Waals surface area contributed by atoms with Crippen LogP contribution in [0.5, 0.6) is 11.5 Å². The Bertz CT molecular complexity index is 763. The fourth-order valence-electron chi connectivity index (χ4n) is 2.36. The quantitative estimate of drug-likeness (QED) is 0.471. The summed E-state index contributed by atoms with van der Waals surface area (Å²) in [6.07, 6.45) is -5.03. The van der Waals surface area contributed by atoms with Crippen LogP contribution in [-0.4, -0.2) is 37.6 Å². The van der Waals surface area contributed by atoms with Gasteiger partial charge in [0.2, 0.25) is 0 Å². The van der Waals surface area contributed by atoms with E-state index in [2.05, 4.69) is 15.0 Å². The van der Waals surface area contributed by atoms with Crippen molar-refractivity contribution in [3.05, 3.63) is 59.7 Å². The number of hydrogen-bond acceptors (Lipinski definition) is 4. The predicted molar refractivity (Wildman–Crippen MR) is 99.3 cm³/mol. The first-order chi connectivity index (χ1) is 13.3. The van der Waals surface area contributed by atoms with Gasteiger partial charge in [-0.15, -0.1) is 13.2 Å². The topological polar surface area (TPSA) is 89.1 Å². The van der Waals surface area contributed by atoms with Crippen molar-refractivity contribution in [1.29, 1.82) is 0 Å². The van der Waals surface area contributed by atoms with E-state index in [0.717, 1.165) is 29.9 Å². The number of halogens is 3. The average Bonchev–Trinajstić information content (AvgIpc) is 2.66. The molecule has 0 aliphatic rings. The molecule has 0 bridgehead atoms. The van der Waals surface area contributed by atoms with Crippen molar-refractivity contribution in [3.8, 4) is 11.5 Å². The zero-order chi connectivity index (χ0) is 20.6. The smallest absolute Gasteiger partial charge is 0.497 e. The number of aliphatic imine (C=N–C) groups is 1. The highest BCUT2D eigenvalue weighted by molar-refractivity contribution is 5.77. The first kappa shape index (κ1) is 21.4. The number of aliphatic hydroxyl groups excluding tert-OH is 1. The fourth-order valence-corrected chi connectivity index (χ4v) is 2.36. The lowest BCUT2D eigenvalue weighted by molar-refractivity contribution is -0.274. The summed E-state index contributed by atoms with van der Waals surface area (Å²) in [7, 11) is 1.60. The van der Waals surface area contributed by atoms with Gasteiger partial charge in [0.25, 0.3) is 0 Å². The second-order valence-electron chi connectivity index (χ2n) is 5.88. The lowest BCUT2D eigenvalue weighted by atomic mass is 10.1. The molecule has 0 spiro atoms. The molecular weight excluding hydrogens is 375 g/mol. The molecule has 0 aromatic heterocycles. The zero-order valence-electron chi connectivity index (χ0n) is 15.2. The van der Waals surface area contributed by atoms with Gasteiger partial charge in [-0.2, -0.15) is 0 Å². The van der Waals surface area contributed by atoms with Crippen molar-refractivity contribution >= 4 is 5.96 Å². The molecule has 0 fully saturated rings. The first-order valence-corrected chi connectivity index (χ1v) is 8.47. The van der Waals surface area contributed by atoms with Gasteiger partial charge in [0.1, 0.15) is 11.5 Å². The van der Waals surface area contributed by atoms with Gasteiger partial charge in [0.15, 0.2) is 5.96 Å². The van der Waals surface area contributed by atoms with Crippen LogP contribution in [0.4, 0.5) is 13.2 Å². The van der Waals surface area contributed by atoms with Crippen molar-refractivity contribution in [2.24, 2.45) is 10.7 Å². The maximum Gasteiger partial charge on any atom is 0.573 e. The lowest BCUT2D eigenvalue weighted by Gasteiger charge is -2.12. The Balaban J connectivity index is 1.78. The summed E-state index contributed by atoms with van der Waals surface area (Å²) in [6, 6.07) is 12.6. The minimum absolute atomic E-state index is 0.0269. The van der Waals surface area contributed by atoms with Crippen LogP contribution < -0.4 is 20.5 Å². The van der Waals surface area contributed by atoms with E-state index in [1.165, 1.54) is 12.1 Å². The van der Waals surface area contributed by atoms with E-state index in [1.807, 2.05) is 24.3 Å². The molecule has 0 radical (unpaired) electrons. The van der Waals surface area contributed by atoms with E-state index in [0.29, 0.717) is 12.1 Å². The highest BCUT2D eigenvalue weighted by atomic mass is 19.4. The Morgan fingerprint density at radius 2 is 1.71 bits per heavy atom. The monoisotopic (exact) mass is 397 g/mol. The zero-order valence-corrected chi connectivity index (χ0v) is 15.2. The Morgan fingerprint density at radius 1 is 1.11 bits per heavy atom. The number of aliphatic hydroxyl groups is 1. The maximum absolute atomic E-state index is 12.1. The van der Waals surface area contributed by atoms with Gasteiger partial charge in [0.05, 0.1) is 19.8 Å². The Labute approximate surface area is 160 Å². The molecule has 0 heterocycles. The van der Waals surface area contributed by atoms with Gasteiger partial charge in [0, 0.05) is 6.54 Å². The molecule has 9 heteroatoms.